The van der Waals surface area contributed by atoms with Crippen molar-refractivity contribution in [3.63, 3.8) is 0 Å². The number of carbonyl (C=O) groups excluding carboxylic acids is 3. The van der Waals surface area contributed by atoms with Crippen molar-refractivity contribution < 1.29 is 14.4 Å². The predicted molar refractivity (Wildman–Crippen MR) is 72.0 cm³/mol. The lowest BCUT2D eigenvalue weighted by Crippen LogP contribution is -2.69. The number of hydrogen-bond donors (Lipinski definition) is 0. The van der Waals surface area contributed by atoms with Crippen LogP contribution in [0.25, 0.3) is 0 Å². The van der Waals surface area contributed by atoms with Gasteiger partial charge in [-0.2, -0.15) is 0 Å². The van der Waals surface area contributed by atoms with E-state index in [9.17, 15) is 14.4 Å². The third-order valence-corrected chi connectivity index (χ3v) is 4.08. The number of carbonyl (C=O) groups is 3. The SMILES string of the molecule is C#CC(=O)N1CC2(C)CN(C(=O)C#C)CC(C)(C1)C2=O. The molecule has 0 aromatic heterocycles. The summed E-state index contributed by atoms with van der Waals surface area (Å²) >= 11 is 0. The summed E-state index contributed by atoms with van der Waals surface area (Å²) in [7, 11) is 0. The average molecular weight is 272 g/mol. The van der Waals surface area contributed by atoms with Crippen LogP contribution in [-0.4, -0.2) is 53.6 Å². The highest BCUT2D eigenvalue weighted by molar-refractivity contribution is 6.00. The second kappa shape index (κ2) is 4.38. The largest absolute Gasteiger partial charge is 0.330 e. The van der Waals surface area contributed by atoms with Gasteiger partial charge in [0.2, 0.25) is 0 Å². The zero-order valence-electron chi connectivity index (χ0n) is 11.6. The van der Waals surface area contributed by atoms with E-state index < -0.39 is 22.6 Å². The Hall–Kier alpha value is -2.27. The lowest BCUT2D eigenvalue weighted by molar-refractivity contribution is -0.163. The molecule has 20 heavy (non-hydrogen) atoms. The Morgan fingerprint density at radius 2 is 1.25 bits per heavy atom. The molecule has 0 atom stereocenters. The molecular formula is C15H16N2O3. The average Bonchev–Trinajstić information content (AvgIpc) is 2.40. The van der Waals surface area contributed by atoms with E-state index in [0.29, 0.717) is 0 Å². The first-order chi connectivity index (χ1) is 9.25. The zero-order valence-corrected chi connectivity index (χ0v) is 11.6. The maximum atomic E-state index is 12.6. The van der Waals surface area contributed by atoms with E-state index in [1.165, 1.54) is 9.80 Å². The molecule has 0 radical (unpaired) electrons. The summed E-state index contributed by atoms with van der Waals surface area (Å²) in [6, 6.07) is 0. The van der Waals surface area contributed by atoms with E-state index in [-0.39, 0.29) is 32.0 Å². The molecule has 0 unspecified atom stereocenters. The van der Waals surface area contributed by atoms with Crippen LogP contribution in [-0.2, 0) is 14.4 Å². The van der Waals surface area contributed by atoms with Crippen LogP contribution in [0.3, 0.4) is 0 Å². The summed E-state index contributed by atoms with van der Waals surface area (Å²) in [6.45, 7) is 4.38. The fraction of sp³-hybridized carbons (Fsp3) is 0.533. The smallest absolute Gasteiger partial charge is 0.298 e. The molecule has 2 amide bonds. The molecule has 0 aromatic carbocycles. The van der Waals surface area contributed by atoms with Crippen molar-refractivity contribution in [3.05, 3.63) is 0 Å². The summed E-state index contributed by atoms with van der Waals surface area (Å²) in [5.74, 6) is 3.38. The molecule has 2 saturated heterocycles. The van der Waals surface area contributed by atoms with Crippen molar-refractivity contribution in [2.45, 2.75) is 13.8 Å². The van der Waals surface area contributed by atoms with Gasteiger partial charge in [-0.3, -0.25) is 14.4 Å². The molecule has 0 saturated carbocycles. The number of amides is 2. The number of likely N-dealkylation sites (tertiary alicyclic amines) is 2. The number of piperidine rings is 2. The Morgan fingerprint density at radius 3 is 1.50 bits per heavy atom. The van der Waals surface area contributed by atoms with Gasteiger partial charge in [-0.25, -0.2) is 0 Å². The molecule has 2 fully saturated rings. The molecule has 2 heterocycles. The first-order valence-electron chi connectivity index (χ1n) is 6.32. The van der Waals surface area contributed by atoms with Crippen LogP contribution in [0.5, 0.6) is 0 Å². The van der Waals surface area contributed by atoms with Crippen LogP contribution >= 0.6 is 0 Å². The topological polar surface area (TPSA) is 57.7 Å². The van der Waals surface area contributed by atoms with Gasteiger partial charge in [0.05, 0.1) is 10.8 Å². The molecule has 2 rings (SSSR count). The Bertz CT molecular complexity index is 517. The highest BCUT2D eigenvalue weighted by Crippen LogP contribution is 2.42. The lowest BCUT2D eigenvalue weighted by Gasteiger charge is -2.54. The number of hydrogen-bond acceptors (Lipinski definition) is 3. The van der Waals surface area contributed by atoms with Crippen molar-refractivity contribution in [1.29, 1.82) is 0 Å². The van der Waals surface area contributed by atoms with Gasteiger partial charge in [0.15, 0.2) is 5.78 Å². The van der Waals surface area contributed by atoms with E-state index in [4.69, 9.17) is 12.8 Å². The molecule has 0 aliphatic carbocycles. The van der Waals surface area contributed by atoms with Crippen LogP contribution in [0, 0.1) is 35.5 Å². The maximum absolute atomic E-state index is 12.6. The van der Waals surface area contributed by atoms with E-state index in [1.54, 1.807) is 13.8 Å². The van der Waals surface area contributed by atoms with Gasteiger partial charge in [-0.05, 0) is 25.7 Å². The van der Waals surface area contributed by atoms with Crippen LogP contribution in [0.4, 0.5) is 0 Å². The standard InChI is InChI=1S/C15H16N2O3/c1-5-11(18)16-7-14(3)9-17(12(19)6-2)10-15(4,8-16)13(14)20/h1-2H,7-10H2,3-4H3. The Kier molecular flexibility index (Phi) is 3.10. The Morgan fingerprint density at radius 1 is 0.950 bits per heavy atom. The van der Waals surface area contributed by atoms with Crippen LogP contribution in [0.2, 0.25) is 0 Å². The van der Waals surface area contributed by atoms with Crippen molar-refractivity contribution in [2.75, 3.05) is 26.2 Å². The summed E-state index contributed by atoms with van der Waals surface area (Å²) in [6.07, 6.45) is 10.3. The van der Waals surface area contributed by atoms with E-state index in [2.05, 4.69) is 11.8 Å². The Balaban J connectivity index is 2.37. The number of fused-ring (bicyclic) bond motifs is 2. The van der Waals surface area contributed by atoms with Gasteiger partial charge in [-0.1, -0.05) is 0 Å². The normalized spacial score (nSPS) is 32.3. The van der Waals surface area contributed by atoms with E-state index >= 15 is 0 Å². The van der Waals surface area contributed by atoms with Crippen molar-refractivity contribution in [3.8, 4) is 24.7 Å². The molecule has 0 spiro atoms. The minimum Gasteiger partial charge on any atom is -0.330 e. The molecule has 104 valence electrons. The van der Waals surface area contributed by atoms with Crippen molar-refractivity contribution >= 4 is 17.6 Å². The zero-order chi connectivity index (χ0) is 15.1. The summed E-state index contributed by atoms with van der Waals surface area (Å²) in [4.78, 5) is 39.1. The molecule has 0 aromatic rings. The maximum Gasteiger partial charge on any atom is 0.298 e. The van der Waals surface area contributed by atoms with Crippen LogP contribution in [0.15, 0.2) is 0 Å². The highest BCUT2D eigenvalue weighted by Gasteiger charge is 2.57. The summed E-state index contributed by atoms with van der Waals surface area (Å²) in [5.41, 5.74) is -1.63. The molecule has 2 aliphatic rings. The first-order valence-corrected chi connectivity index (χ1v) is 6.32. The lowest BCUT2D eigenvalue weighted by atomic mass is 9.64. The highest BCUT2D eigenvalue weighted by atomic mass is 16.2. The van der Waals surface area contributed by atoms with Gasteiger partial charge < -0.3 is 9.80 Å². The molecule has 0 N–H and O–H groups in total. The van der Waals surface area contributed by atoms with Crippen molar-refractivity contribution in [2.24, 2.45) is 10.8 Å². The van der Waals surface area contributed by atoms with Gasteiger partial charge >= 0.3 is 0 Å². The molecular weight excluding hydrogens is 256 g/mol. The predicted octanol–water partition coefficient (Wildman–Crippen LogP) is -0.481. The summed E-state index contributed by atoms with van der Waals surface area (Å²) < 4.78 is 0. The number of rotatable bonds is 0. The van der Waals surface area contributed by atoms with Crippen LogP contribution in [0.1, 0.15) is 13.8 Å². The fourth-order valence-corrected chi connectivity index (χ4v) is 3.38. The third-order valence-electron chi connectivity index (χ3n) is 4.08. The van der Waals surface area contributed by atoms with Gasteiger partial charge in [-0.15, -0.1) is 12.8 Å². The van der Waals surface area contributed by atoms with E-state index in [0.717, 1.165) is 0 Å². The first kappa shape index (κ1) is 14.1. The fourth-order valence-electron chi connectivity index (χ4n) is 3.38. The monoisotopic (exact) mass is 272 g/mol. The van der Waals surface area contributed by atoms with Crippen molar-refractivity contribution in [1.82, 2.24) is 9.80 Å². The van der Waals surface area contributed by atoms with Gasteiger partial charge in [0.1, 0.15) is 0 Å². The number of nitrogens with zero attached hydrogens (tertiary/aromatic N) is 2. The number of terminal acetylenes is 2. The minimum absolute atomic E-state index is 0.0622. The minimum atomic E-state index is -0.815. The molecule has 2 aliphatic heterocycles. The number of ketones is 1. The number of Topliss-reactive ketones (excluding diaryl/α,β-unsaturated/α-hetero) is 1. The van der Waals surface area contributed by atoms with Gasteiger partial charge in [0.25, 0.3) is 11.8 Å². The van der Waals surface area contributed by atoms with Gasteiger partial charge in [0, 0.05) is 26.2 Å². The Labute approximate surface area is 118 Å². The molecule has 5 nitrogen and oxygen atoms in total. The quantitative estimate of drug-likeness (QED) is 0.560. The van der Waals surface area contributed by atoms with E-state index in [1.807, 2.05) is 0 Å². The summed E-state index contributed by atoms with van der Waals surface area (Å²) in [5, 5.41) is 0. The van der Waals surface area contributed by atoms with Crippen LogP contribution < -0.4 is 0 Å². The second-order valence-corrected chi connectivity index (χ2v) is 6.06. The molecule has 2 bridgehead atoms. The second-order valence-electron chi connectivity index (χ2n) is 6.06. The molecule has 5 heteroatoms. The third kappa shape index (κ3) is 1.96.